The van der Waals surface area contributed by atoms with Crippen molar-refractivity contribution in [2.24, 2.45) is 0 Å². The number of thiazole rings is 1. The van der Waals surface area contributed by atoms with Crippen molar-refractivity contribution in [3.05, 3.63) is 50.4 Å². The van der Waals surface area contributed by atoms with Gasteiger partial charge in [0.15, 0.2) is 0 Å². The quantitative estimate of drug-likeness (QED) is 0.587. The number of benzene rings is 1. The maximum absolute atomic E-state index is 12.5. The Labute approximate surface area is 177 Å². The van der Waals surface area contributed by atoms with Gasteiger partial charge in [-0.05, 0) is 44.0 Å². The fourth-order valence-corrected chi connectivity index (χ4v) is 5.25. The Bertz CT molecular complexity index is 977. The molecule has 7 nitrogen and oxygen atoms in total. The van der Waals surface area contributed by atoms with Crippen LogP contribution in [0.3, 0.4) is 0 Å². The van der Waals surface area contributed by atoms with E-state index in [0.717, 1.165) is 34.3 Å². The van der Waals surface area contributed by atoms with Crippen molar-refractivity contribution in [3.8, 4) is 5.75 Å². The molecule has 1 saturated carbocycles. The average Bonchev–Trinajstić information content (AvgIpc) is 3.48. The van der Waals surface area contributed by atoms with E-state index >= 15 is 0 Å². The minimum Gasteiger partial charge on any atom is -0.497 e. The van der Waals surface area contributed by atoms with Crippen LogP contribution in [0.5, 0.6) is 5.75 Å². The molecule has 1 aliphatic carbocycles. The Balaban J connectivity index is 1.40. The third-order valence-electron chi connectivity index (χ3n) is 5.07. The number of hydrogen-bond donors (Lipinski definition) is 2. The summed E-state index contributed by atoms with van der Waals surface area (Å²) in [6, 6.07) is 7.18. The van der Waals surface area contributed by atoms with Crippen molar-refractivity contribution in [1.82, 2.24) is 20.5 Å². The fourth-order valence-electron chi connectivity index (χ4n) is 3.54. The van der Waals surface area contributed by atoms with Gasteiger partial charge in [-0.3, -0.25) is 10.1 Å². The second-order valence-electron chi connectivity index (χ2n) is 7.12. The van der Waals surface area contributed by atoms with Crippen molar-refractivity contribution in [3.63, 3.8) is 0 Å². The van der Waals surface area contributed by atoms with Crippen molar-refractivity contribution in [2.75, 3.05) is 12.4 Å². The number of methoxy groups -OCH3 is 1. The summed E-state index contributed by atoms with van der Waals surface area (Å²) in [6.07, 6.45) is 4.53. The van der Waals surface area contributed by atoms with Crippen LogP contribution < -0.4 is 15.4 Å². The molecule has 0 radical (unpaired) electrons. The topological polar surface area (TPSA) is 89.0 Å². The van der Waals surface area contributed by atoms with Gasteiger partial charge in [0.2, 0.25) is 5.01 Å². The molecule has 2 aromatic heterocycles. The van der Waals surface area contributed by atoms with Crippen LogP contribution in [0.15, 0.2) is 29.6 Å². The first-order valence-electron chi connectivity index (χ1n) is 9.53. The van der Waals surface area contributed by atoms with E-state index in [1.807, 2.05) is 6.92 Å². The molecule has 1 aliphatic rings. The average molecular weight is 430 g/mol. The van der Waals surface area contributed by atoms with Crippen molar-refractivity contribution in [1.29, 1.82) is 0 Å². The van der Waals surface area contributed by atoms with Crippen molar-refractivity contribution in [2.45, 2.75) is 44.7 Å². The van der Waals surface area contributed by atoms with Gasteiger partial charge in [0.1, 0.15) is 15.8 Å². The molecule has 1 fully saturated rings. The van der Waals surface area contributed by atoms with E-state index in [-0.39, 0.29) is 11.4 Å². The van der Waals surface area contributed by atoms with E-state index in [1.54, 1.807) is 42.7 Å². The molecule has 2 N–H and O–H groups in total. The van der Waals surface area contributed by atoms with Crippen LogP contribution in [-0.4, -0.2) is 28.2 Å². The first-order chi connectivity index (χ1) is 14.1. The lowest BCUT2D eigenvalue weighted by atomic mass is 9.98. The van der Waals surface area contributed by atoms with E-state index in [1.165, 1.54) is 24.2 Å². The molecule has 0 saturated heterocycles. The molecule has 9 heteroatoms. The third kappa shape index (κ3) is 4.47. The molecule has 0 bridgehead atoms. The highest BCUT2D eigenvalue weighted by atomic mass is 32.1. The first-order valence-corrected chi connectivity index (χ1v) is 11.2. The summed E-state index contributed by atoms with van der Waals surface area (Å²) in [6.45, 7) is 2.60. The Morgan fingerprint density at radius 3 is 2.62 bits per heavy atom. The maximum Gasteiger partial charge on any atom is 0.286 e. The van der Waals surface area contributed by atoms with E-state index in [2.05, 4.69) is 26.2 Å². The molecule has 0 atom stereocenters. The second kappa shape index (κ2) is 8.56. The predicted molar refractivity (Wildman–Crippen MR) is 115 cm³/mol. The number of amides is 1. The van der Waals surface area contributed by atoms with Crippen LogP contribution in [0.25, 0.3) is 0 Å². The first kappa shape index (κ1) is 19.9. The number of hydrogen-bond acceptors (Lipinski definition) is 8. The zero-order chi connectivity index (χ0) is 20.3. The SMILES string of the molecule is COc1ccc(NC(=O)c2nnc(CNC3(c4nc(C)cs4)CCCC3)s2)cc1. The van der Waals surface area contributed by atoms with E-state index in [9.17, 15) is 4.79 Å². The van der Waals surface area contributed by atoms with E-state index < -0.39 is 0 Å². The number of carbonyl (C=O) groups excluding carboxylic acids is 1. The number of ether oxygens (including phenoxy) is 1. The lowest BCUT2D eigenvalue weighted by Gasteiger charge is -2.27. The summed E-state index contributed by atoms with van der Waals surface area (Å²) >= 11 is 3.03. The number of nitrogens with zero attached hydrogens (tertiary/aromatic N) is 3. The summed E-state index contributed by atoms with van der Waals surface area (Å²) < 4.78 is 5.13. The molecule has 152 valence electrons. The number of rotatable bonds is 7. The lowest BCUT2D eigenvalue weighted by Crippen LogP contribution is -2.39. The van der Waals surface area contributed by atoms with Gasteiger partial charge >= 0.3 is 0 Å². The molecule has 4 rings (SSSR count). The minimum atomic E-state index is -0.259. The highest BCUT2D eigenvalue weighted by molar-refractivity contribution is 7.13. The van der Waals surface area contributed by atoms with Gasteiger partial charge in [0.05, 0.1) is 19.2 Å². The van der Waals surface area contributed by atoms with Crippen LogP contribution in [0, 0.1) is 6.92 Å². The molecule has 29 heavy (non-hydrogen) atoms. The highest BCUT2D eigenvalue weighted by Gasteiger charge is 2.38. The third-order valence-corrected chi connectivity index (χ3v) is 7.16. The van der Waals surface area contributed by atoms with Crippen LogP contribution >= 0.6 is 22.7 Å². The number of carbonyl (C=O) groups is 1. The monoisotopic (exact) mass is 429 g/mol. The fraction of sp³-hybridized carbons (Fsp3) is 0.400. The molecule has 0 unspecified atom stereocenters. The highest BCUT2D eigenvalue weighted by Crippen LogP contribution is 2.40. The largest absolute Gasteiger partial charge is 0.497 e. The van der Waals surface area contributed by atoms with Crippen LogP contribution in [0.4, 0.5) is 5.69 Å². The molecule has 3 aromatic rings. The smallest absolute Gasteiger partial charge is 0.286 e. The van der Waals surface area contributed by atoms with Crippen molar-refractivity contribution >= 4 is 34.3 Å². The van der Waals surface area contributed by atoms with E-state index in [0.29, 0.717) is 17.2 Å². The van der Waals surface area contributed by atoms with Gasteiger partial charge in [0.25, 0.3) is 5.91 Å². The molecular formula is C20H23N5O2S2. The normalized spacial score (nSPS) is 15.4. The Morgan fingerprint density at radius 2 is 1.97 bits per heavy atom. The molecule has 0 spiro atoms. The predicted octanol–water partition coefficient (Wildman–Crippen LogP) is 4.12. The molecular weight excluding hydrogens is 406 g/mol. The van der Waals surface area contributed by atoms with Gasteiger partial charge in [-0.25, -0.2) is 4.98 Å². The van der Waals surface area contributed by atoms with Gasteiger partial charge in [0, 0.05) is 16.8 Å². The van der Waals surface area contributed by atoms with Gasteiger partial charge < -0.3 is 10.1 Å². The second-order valence-corrected chi connectivity index (χ2v) is 9.04. The van der Waals surface area contributed by atoms with Gasteiger partial charge in [-0.15, -0.1) is 21.5 Å². The Hall–Kier alpha value is -2.36. The van der Waals surface area contributed by atoms with Crippen molar-refractivity contribution < 1.29 is 9.53 Å². The van der Waals surface area contributed by atoms with Crippen LogP contribution in [-0.2, 0) is 12.1 Å². The van der Waals surface area contributed by atoms with Gasteiger partial charge in [-0.1, -0.05) is 24.2 Å². The number of nitrogens with one attached hydrogen (secondary N) is 2. The van der Waals surface area contributed by atoms with Crippen LogP contribution in [0.1, 0.15) is 51.2 Å². The molecule has 0 aliphatic heterocycles. The van der Waals surface area contributed by atoms with E-state index in [4.69, 9.17) is 9.72 Å². The molecule has 2 heterocycles. The lowest BCUT2D eigenvalue weighted by molar-refractivity contribution is 0.102. The zero-order valence-electron chi connectivity index (χ0n) is 16.4. The Kier molecular flexibility index (Phi) is 5.89. The summed E-state index contributed by atoms with van der Waals surface area (Å²) in [7, 11) is 1.61. The summed E-state index contributed by atoms with van der Waals surface area (Å²) in [4.78, 5) is 17.2. The number of aryl methyl sites for hydroxylation is 1. The zero-order valence-corrected chi connectivity index (χ0v) is 18.0. The van der Waals surface area contributed by atoms with Gasteiger partial charge in [-0.2, -0.15) is 0 Å². The standard InChI is InChI=1S/C20H23N5O2S2/c1-13-12-28-19(22-13)20(9-3-4-10-20)21-11-16-24-25-18(29-16)17(26)23-14-5-7-15(27-2)8-6-14/h5-8,12,21H,3-4,9-11H2,1-2H3,(H,23,26). The number of aromatic nitrogens is 3. The van der Waals surface area contributed by atoms with Crippen LogP contribution in [0.2, 0.25) is 0 Å². The Morgan fingerprint density at radius 1 is 1.21 bits per heavy atom. The summed E-state index contributed by atoms with van der Waals surface area (Å²) in [5, 5.41) is 19.2. The minimum absolute atomic E-state index is 0.0872. The summed E-state index contributed by atoms with van der Waals surface area (Å²) in [5.74, 6) is 0.480. The number of anilines is 1. The molecule has 1 aromatic carbocycles. The summed E-state index contributed by atoms with van der Waals surface area (Å²) in [5.41, 5.74) is 1.66. The maximum atomic E-state index is 12.5. The molecule has 1 amide bonds.